The Morgan fingerprint density at radius 1 is 1.38 bits per heavy atom. The third-order valence-electron chi connectivity index (χ3n) is 4.75. The number of nitrogens with two attached hydrogens (primary N) is 1. The van der Waals surface area contributed by atoms with E-state index in [0.29, 0.717) is 17.9 Å². The van der Waals surface area contributed by atoms with Gasteiger partial charge in [-0.05, 0) is 38.7 Å². The molecule has 0 radical (unpaired) electrons. The molecular formula is C17H24FNO2. The van der Waals surface area contributed by atoms with Crippen LogP contribution in [0.4, 0.5) is 4.39 Å². The first-order chi connectivity index (χ1) is 10.1. The van der Waals surface area contributed by atoms with Crippen LogP contribution in [-0.4, -0.2) is 18.3 Å². The summed E-state index contributed by atoms with van der Waals surface area (Å²) in [6.07, 6.45) is 7.23. The molecule has 4 heteroatoms. The van der Waals surface area contributed by atoms with Gasteiger partial charge in [0.15, 0.2) is 0 Å². The molecule has 3 rings (SSSR count). The van der Waals surface area contributed by atoms with Crippen molar-refractivity contribution in [2.24, 2.45) is 5.73 Å². The lowest BCUT2D eigenvalue weighted by Crippen LogP contribution is -2.27. The normalized spacial score (nSPS) is 25.4. The topological polar surface area (TPSA) is 44.5 Å². The Morgan fingerprint density at radius 3 is 2.81 bits per heavy atom. The fourth-order valence-electron chi connectivity index (χ4n) is 3.56. The first-order valence-corrected chi connectivity index (χ1v) is 7.94. The average Bonchev–Trinajstić information content (AvgIpc) is 3.07. The molecule has 1 aliphatic heterocycles. The molecule has 1 aromatic carbocycles. The summed E-state index contributed by atoms with van der Waals surface area (Å²) in [5.74, 6) is 0.245. The maximum Gasteiger partial charge on any atom is 0.131 e. The zero-order valence-corrected chi connectivity index (χ0v) is 12.6. The Morgan fingerprint density at radius 2 is 2.14 bits per heavy atom. The number of hydrogen-bond donors (Lipinski definition) is 1. The van der Waals surface area contributed by atoms with Crippen LogP contribution < -0.4 is 10.5 Å². The summed E-state index contributed by atoms with van der Waals surface area (Å²) < 4.78 is 25.7. The van der Waals surface area contributed by atoms with Crippen molar-refractivity contribution in [2.45, 2.75) is 63.2 Å². The summed E-state index contributed by atoms with van der Waals surface area (Å²) in [6, 6.07) is 4.59. The maximum absolute atomic E-state index is 13.9. The molecule has 0 amide bonds. The van der Waals surface area contributed by atoms with E-state index in [0.717, 1.165) is 12.8 Å². The first-order valence-electron chi connectivity index (χ1n) is 7.94. The SMILES string of the molecule is C[C@H](N)c1ccc(OCC2CCC3(CCCC3)O2)cc1F. The van der Waals surface area contributed by atoms with Crippen molar-refractivity contribution in [1.82, 2.24) is 0 Å². The summed E-state index contributed by atoms with van der Waals surface area (Å²) in [6.45, 7) is 2.27. The molecule has 1 saturated carbocycles. The Kier molecular flexibility index (Phi) is 4.18. The van der Waals surface area contributed by atoms with Gasteiger partial charge in [-0.2, -0.15) is 0 Å². The second-order valence-corrected chi connectivity index (χ2v) is 6.45. The summed E-state index contributed by atoms with van der Waals surface area (Å²) in [7, 11) is 0. The number of benzene rings is 1. The lowest BCUT2D eigenvalue weighted by molar-refractivity contribution is -0.0509. The van der Waals surface area contributed by atoms with E-state index in [1.54, 1.807) is 19.1 Å². The Labute approximate surface area is 125 Å². The molecule has 1 spiro atoms. The highest BCUT2D eigenvalue weighted by Crippen LogP contribution is 2.43. The summed E-state index contributed by atoms with van der Waals surface area (Å²) in [5, 5.41) is 0. The van der Waals surface area contributed by atoms with Crippen LogP contribution >= 0.6 is 0 Å². The summed E-state index contributed by atoms with van der Waals surface area (Å²) in [4.78, 5) is 0. The fourth-order valence-corrected chi connectivity index (χ4v) is 3.56. The minimum atomic E-state index is -0.306. The minimum Gasteiger partial charge on any atom is -0.491 e. The molecule has 116 valence electrons. The van der Waals surface area contributed by atoms with Gasteiger partial charge in [-0.15, -0.1) is 0 Å². The van der Waals surface area contributed by atoms with Gasteiger partial charge < -0.3 is 15.2 Å². The summed E-state index contributed by atoms with van der Waals surface area (Å²) in [5.41, 5.74) is 6.34. The van der Waals surface area contributed by atoms with Crippen LogP contribution in [0, 0.1) is 5.82 Å². The highest BCUT2D eigenvalue weighted by Gasteiger charge is 2.42. The van der Waals surface area contributed by atoms with Crippen molar-refractivity contribution >= 4 is 0 Å². The zero-order valence-electron chi connectivity index (χ0n) is 12.6. The third-order valence-corrected chi connectivity index (χ3v) is 4.75. The second kappa shape index (κ2) is 5.93. The van der Waals surface area contributed by atoms with Gasteiger partial charge in [-0.3, -0.25) is 0 Å². The fraction of sp³-hybridized carbons (Fsp3) is 0.647. The van der Waals surface area contributed by atoms with E-state index >= 15 is 0 Å². The minimum absolute atomic E-state index is 0.123. The van der Waals surface area contributed by atoms with E-state index in [9.17, 15) is 4.39 Å². The molecule has 2 atom stereocenters. The van der Waals surface area contributed by atoms with Crippen molar-refractivity contribution in [3.63, 3.8) is 0 Å². The third kappa shape index (κ3) is 3.22. The van der Waals surface area contributed by atoms with E-state index < -0.39 is 0 Å². The molecule has 2 fully saturated rings. The van der Waals surface area contributed by atoms with Gasteiger partial charge in [0.05, 0.1) is 11.7 Å². The molecule has 1 unspecified atom stereocenters. The Bertz CT molecular complexity index is 498. The largest absolute Gasteiger partial charge is 0.491 e. The van der Waals surface area contributed by atoms with E-state index in [1.165, 1.54) is 31.7 Å². The molecule has 2 aliphatic rings. The van der Waals surface area contributed by atoms with Crippen LogP contribution in [0.2, 0.25) is 0 Å². The average molecular weight is 293 g/mol. The predicted octanol–water partition coefficient (Wildman–Crippen LogP) is 3.72. The molecule has 0 aromatic heterocycles. The molecule has 1 heterocycles. The van der Waals surface area contributed by atoms with Crippen LogP contribution in [0.3, 0.4) is 0 Å². The Balaban J connectivity index is 1.55. The van der Waals surface area contributed by atoms with Gasteiger partial charge >= 0.3 is 0 Å². The summed E-state index contributed by atoms with van der Waals surface area (Å²) >= 11 is 0. The predicted molar refractivity (Wildman–Crippen MR) is 79.8 cm³/mol. The van der Waals surface area contributed by atoms with Crippen LogP contribution in [0.5, 0.6) is 5.75 Å². The Hall–Kier alpha value is -1.13. The molecule has 1 saturated heterocycles. The van der Waals surface area contributed by atoms with E-state index in [4.69, 9.17) is 15.2 Å². The van der Waals surface area contributed by atoms with Gasteiger partial charge in [0.25, 0.3) is 0 Å². The van der Waals surface area contributed by atoms with Crippen molar-refractivity contribution < 1.29 is 13.9 Å². The smallest absolute Gasteiger partial charge is 0.131 e. The van der Waals surface area contributed by atoms with Gasteiger partial charge in [-0.25, -0.2) is 4.39 Å². The van der Waals surface area contributed by atoms with Gasteiger partial charge in [0, 0.05) is 17.7 Å². The van der Waals surface area contributed by atoms with Crippen LogP contribution in [0.15, 0.2) is 18.2 Å². The number of halogens is 1. The highest BCUT2D eigenvalue weighted by molar-refractivity contribution is 5.30. The first kappa shape index (κ1) is 14.8. The second-order valence-electron chi connectivity index (χ2n) is 6.45. The zero-order chi connectivity index (χ0) is 14.9. The van der Waals surface area contributed by atoms with Gasteiger partial charge in [0.2, 0.25) is 0 Å². The quantitative estimate of drug-likeness (QED) is 0.920. The van der Waals surface area contributed by atoms with E-state index in [-0.39, 0.29) is 23.6 Å². The lowest BCUT2D eigenvalue weighted by atomic mass is 9.98. The number of hydrogen-bond acceptors (Lipinski definition) is 3. The van der Waals surface area contributed by atoms with E-state index in [1.807, 2.05) is 0 Å². The van der Waals surface area contributed by atoms with E-state index in [2.05, 4.69) is 0 Å². The molecule has 3 nitrogen and oxygen atoms in total. The monoisotopic (exact) mass is 293 g/mol. The van der Waals surface area contributed by atoms with Crippen molar-refractivity contribution in [3.05, 3.63) is 29.6 Å². The molecular weight excluding hydrogens is 269 g/mol. The van der Waals surface area contributed by atoms with Crippen molar-refractivity contribution in [3.8, 4) is 5.75 Å². The molecule has 21 heavy (non-hydrogen) atoms. The molecule has 1 aromatic rings. The van der Waals surface area contributed by atoms with Crippen LogP contribution in [0.1, 0.15) is 57.1 Å². The molecule has 2 N–H and O–H groups in total. The van der Waals surface area contributed by atoms with Gasteiger partial charge in [0.1, 0.15) is 18.2 Å². The standard InChI is InChI=1S/C17H24FNO2/c1-12(19)15-5-4-13(10-16(15)18)20-11-14-6-9-17(21-14)7-2-3-8-17/h4-5,10,12,14H,2-3,6-9,11,19H2,1H3/t12-,14?/m0/s1. The number of rotatable bonds is 4. The maximum atomic E-state index is 13.9. The van der Waals surface area contributed by atoms with Crippen molar-refractivity contribution in [2.75, 3.05) is 6.61 Å². The lowest BCUT2D eigenvalue weighted by Gasteiger charge is -2.23. The van der Waals surface area contributed by atoms with Crippen LogP contribution in [0.25, 0.3) is 0 Å². The van der Waals surface area contributed by atoms with Crippen molar-refractivity contribution in [1.29, 1.82) is 0 Å². The highest BCUT2D eigenvalue weighted by atomic mass is 19.1. The number of ether oxygens (including phenoxy) is 2. The molecule has 0 bridgehead atoms. The van der Waals surface area contributed by atoms with Gasteiger partial charge in [-0.1, -0.05) is 18.9 Å². The van der Waals surface area contributed by atoms with Crippen LogP contribution in [-0.2, 0) is 4.74 Å². The molecule has 1 aliphatic carbocycles.